The lowest BCUT2D eigenvalue weighted by atomic mass is 10.0. The molecule has 8 nitrogen and oxygen atoms in total. The summed E-state index contributed by atoms with van der Waals surface area (Å²) in [6, 6.07) is 14.7. The molecule has 0 fully saturated rings. The highest BCUT2D eigenvalue weighted by Gasteiger charge is 2.42. The van der Waals surface area contributed by atoms with Crippen molar-refractivity contribution in [3.05, 3.63) is 70.6 Å². The molecule has 0 saturated carbocycles. The van der Waals surface area contributed by atoms with Crippen molar-refractivity contribution in [1.82, 2.24) is 5.32 Å². The number of nitrogen functional groups attached to an aromatic ring is 1. The van der Waals surface area contributed by atoms with Crippen molar-refractivity contribution in [1.29, 1.82) is 0 Å². The number of hydrogen-bond acceptors (Lipinski definition) is 7. The molecule has 4 N–H and O–H groups in total. The number of rotatable bonds is 8. The summed E-state index contributed by atoms with van der Waals surface area (Å²) in [5.74, 6) is -0.708. The fourth-order valence-corrected chi connectivity index (χ4v) is 6.70. The number of carbonyl (C=O) groups excluding carboxylic acids is 2. The van der Waals surface area contributed by atoms with Crippen molar-refractivity contribution in [2.24, 2.45) is 0 Å². The fraction of sp³-hybridized carbons (Fsp3) is 0.280. The number of hydrogen-bond donors (Lipinski definition) is 3. The van der Waals surface area contributed by atoms with Gasteiger partial charge in [0.05, 0.1) is 24.6 Å². The lowest BCUT2D eigenvalue weighted by Crippen LogP contribution is -2.34. The average Bonchev–Trinajstić information content (AvgIpc) is 3.32. The number of nitrogens with one attached hydrogen (secondary N) is 2. The van der Waals surface area contributed by atoms with Gasteiger partial charge in [0.25, 0.3) is 5.91 Å². The number of carbonyl (C=O) groups is 2. The Labute approximate surface area is 208 Å². The predicted molar refractivity (Wildman–Crippen MR) is 139 cm³/mol. The third-order valence-corrected chi connectivity index (χ3v) is 9.08. The molecule has 0 radical (unpaired) electrons. The first-order chi connectivity index (χ1) is 16.8. The summed E-state index contributed by atoms with van der Waals surface area (Å²) in [5.41, 5.74) is 9.12. The van der Waals surface area contributed by atoms with Gasteiger partial charge >= 0.3 is 7.60 Å². The number of fused-ring (bicyclic) bond motifs is 1. The Kier molecular flexibility index (Phi) is 7.72. The summed E-state index contributed by atoms with van der Waals surface area (Å²) in [6.45, 7) is 3.97. The van der Waals surface area contributed by atoms with Crippen LogP contribution in [0, 0.1) is 0 Å². The summed E-state index contributed by atoms with van der Waals surface area (Å²) in [5, 5.41) is 7.69. The first-order valence-corrected chi connectivity index (χ1v) is 13.9. The molecular formula is C25H28N3O5PS. The molecule has 2 aromatic carbocycles. The highest BCUT2D eigenvalue weighted by molar-refractivity contribution is 7.55. The van der Waals surface area contributed by atoms with E-state index in [2.05, 4.69) is 10.6 Å². The van der Waals surface area contributed by atoms with Crippen LogP contribution in [0.4, 0.5) is 11.4 Å². The Bertz CT molecular complexity index is 1270. The van der Waals surface area contributed by atoms with E-state index < -0.39 is 19.2 Å². The third-order valence-electron chi connectivity index (χ3n) is 5.74. The quantitative estimate of drug-likeness (QED) is 0.286. The van der Waals surface area contributed by atoms with Gasteiger partial charge in [0.1, 0.15) is 5.66 Å². The van der Waals surface area contributed by atoms with Crippen LogP contribution in [0.25, 0.3) is 10.4 Å². The van der Waals surface area contributed by atoms with E-state index in [0.717, 1.165) is 21.6 Å². The molecule has 0 saturated heterocycles. The molecule has 0 spiro atoms. The molecule has 1 aromatic heterocycles. The van der Waals surface area contributed by atoms with E-state index in [9.17, 15) is 14.2 Å². The molecule has 0 aliphatic carbocycles. The van der Waals surface area contributed by atoms with Crippen LogP contribution in [0.15, 0.2) is 53.9 Å². The zero-order chi connectivity index (χ0) is 25.0. The second-order valence-corrected chi connectivity index (χ2v) is 11.2. The van der Waals surface area contributed by atoms with E-state index in [0.29, 0.717) is 16.9 Å². The molecule has 1 unspecified atom stereocenters. The van der Waals surface area contributed by atoms with Crippen LogP contribution in [-0.4, -0.2) is 30.7 Å². The normalized spacial score (nSPS) is 15.7. The second-order valence-electron chi connectivity index (χ2n) is 8.03. The van der Waals surface area contributed by atoms with Crippen LogP contribution in [0.2, 0.25) is 0 Å². The van der Waals surface area contributed by atoms with E-state index in [4.69, 9.17) is 14.8 Å². The fourth-order valence-electron chi connectivity index (χ4n) is 4.02. The lowest BCUT2D eigenvalue weighted by molar-refractivity contribution is -0.121. The minimum atomic E-state index is -3.65. The van der Waals surface area contributed by atoms with Crippen LogP contribution in [0.1, 0.15) is 35.3 Å². The predicted octanol–water partition coefficient (Wildman–Crippen LogP) is 5.06. The van der Waals surface area contributed by atoms with Crippen LogP contribution < -0.4 is 16.4 Å². The SMILES string of the molecule is CCOP(=O)(OCC)C1Cc2ccc(C(=O)Nc3cc(-c4cccs4)ccc3N)cc2CNC1=O. The zero-order valence-electron chi connectivity index (χ0n) is 19.6. The van der Waals surface area contributed by atoms with Gasteiger partial charge in [-0.25, -0.2) is 0 Å². The van der Waals surface area contributed by atoms with Gasteiger partial charge in [0.2, 0.25) is 5.91 Å². The summed E-state index contributed by atoms with van der Waals surface area (Å²) in [6.07, 6.45) is 0.191. The van der Waals surface area contributed by atoms with Gasteiger partial charge in [-0.15, -0.1) is 11.3 Å². The molecule has 0 bridgehead atoms. The molecule has 2 amide bonds. The Morgan fingerprint density at radius 3 is 2.60 bits per heavy atom. The summed E-state index contributed by atoms with van der Waals surface area (Å²) >= 11 is 1.61. The topological polar surface area (TPSA) is 120 Å². The zero-order valence-corrected chi connectivity index (χ0v) is 21.3. The molecule has 2 heterocycles. The van der Waals surface area contributed by atoms with Crippen LogP contribution in [0.5, 0.6) is 0 Å². The molecule has 1 aliphatic heterocycles. The Morgan fingerprint density at radius 1 is 1.14 bits per heavy atom. The van der Waals surface area contributed by atoms with Crippen LogP contribution in [-0.2, 0) is 31.4 Å². The van der Waals surface area contributed by atoms with E-state index in [-0.39, 0.29) is 32.1 Å². The van der Waals surface area contributed by atoms with Gasteiger partial charge in [-0.1, -0.05) is 18.2 Å². The maximum atomic E-state index is 13.3. The molecular weight excluding hydrogens is 485 g/mol. The minimum absolute atomic E-state index is 0.170. The van der Waals surface area contributed by atoms with Crippen molar-refractivity contribution in [2.75, 3.05) is 24.3 Å². The van der Waals surface area contributed by atoms with Crippen molar-refractivity contribution in [3.8, 4) is 10.4 Å². The minimum Gasteiger partial charge on any atom is -0.397 e. The molecule has 1 atom stereocenters. The number of benzene rings is 2. The number of amides is 2. The van der Waals surface area contributed by atoms with Crippen molar-refractivity contribution in [2.45, 2.75) is 32.5 Å². The molecule has 184 valence electrons. The lowest BCUT2D eigenvalue weighted by Gasteiger charge is -2.24. The second kappa shape index (κ2) is 10.7. The summed E-state index contributed by atoms with van der Waals surface area (Å²) < 4.78 is 24.1. The van der Waals surface area contributed by atoms with E-state index in [1.807, 2.05) is 29.6 Å². The summed E-state index contributed by atoms with van der Waals surface area (Å²) in [4.78, 5) is 26.9. The molecule has 10 heteroatoms. The summed E-state index contributed by atoms with van der Waals surface area (Å²) in [7, 11) is -3.65. The van der Waals surface area contributed by atoms with Crippen molar-refractivity contribution < 1.29 is 23.2 Å². The third kappa shape index (κ3) is 5.49. The van der Waals surface area contributed by atoms with Gasteiger partial charge < -0.3 is 25.4 Å². The first kappa shape index (κ1) is 25.1. The van der Waals surface area contributed by atoms with Crippen molar-refractivity contribution in [3.63, 3.8) is 0 Å². The molecule has 3 aromatic rings. The maximum Gasteiger partial charge on any atom is 0.343 e. The Balaban J connectivity index is 1.57. The van der Waals surface area contributed by atoms with Gasteiger partial charge in [-0.2, -0.15) is 0 Å². The number of nitrogens with two attached hydrogens (primary N) is 1. The number of anilines is 2. The van der Waals surface area contributed by atoms with E-state index in [1.165, 1.54) is 0 Å². The molecule has 1 aliphatic rings. The Morgan fingerprint density at radius 2 is 1.91 bits per heavy atom. The van der Waals surface area contributed by atoms with Gasteiger partial charge in [0.15, 0.2) is 0 Å². The van der Waals surface area contributed by atoms with Crippen LogP contribution in [0.3, 0.4) is 0 Å². The smallest absolute Gasteiger partial charge is 0.343 e. The van der Waals surface area contributed by atoms with Gasteiger partial charge in [-0.05, 0) is 72.7 Å². The van der Waals surface area contributed by atoms with E-state index >= 15 is 0 Å². The van der Waals surface area contributed by atoms with Crippen LogP contribution >= 0.6 is 18.9 Å². The highest BCUT2D eigenvalue weighted by atomic mass is 32.1. The average molecular weight is 514 g/mol. The molecule has 4 rings (SSSR count). The van der Waals surface area contributed by atoms with Gasteiger partial charge in [0, 0.05) is 17.0 Å². The monoisotopic (exact) mass is 513 g/mol. The van der Waals surface area contributed by atoms with E-state index in [1.54, 1.807) is 49.4 Å². The maximum absolute atomic E-state index is 13.3. The molecule has 35 heavy (non-hydrogen) atoms. The first-order valence-electron chi connectivity index (χ1n) is 11.4. The largest absolute Gasteiger partial charge is 0.397 e. The number of thiophene rings is 1. The van der Waals surface area contributed by atoms with Gasteiger partial charge in [-0.3, -0.25) is 14.2 Å². The van der Waals surface area contributed by atoms with Crippen molar-refractivity contribution >= 4 is 42.1 Å². The highest BCUT2D eigenvalue weighted by Crippen LogP contribution is 2.54. The Hall–Kier alpha value is -2.97. The standard InChI is InChI=1S/C25H28N3O5PS/c1-3-32-34(31,33-4-2)22-14-16-7-8-18(12-19(16)15-27-25(22)30)24(29)28-21-13-17(9-10-20(21)26)23-6-5-11-35-23/h5-13,22H,3-4,14-15,26H2,1-2H3,(H,27,30)(H,28,29).